The second-order valence-corrected chi connectivity index (χ2v) is 4.48. The van der Waals surface area contributed by atoms with Gasteiger partial charge in [0.1, 0.15) is 0 Å². The predicted molar refractivity (Wildman–Crippen MR) is 65.4 cm³/mol. The molecule has 0 fully saturated rings. The second-order valence-electron chi connectivity index (χ2n) is 4.48. The Labute approximate surface area is 95.3 Å². The lowest BCUT2D eigenvalue weighted by atomic mass is 10.1. The Morgan fingerprint density at radius 2 is 2.31 bits per heavy atom. The van der Waals surface area contributed by atoms with Crippen LogP contribution in [0.25, 0.3) is 10.9 Å². The van der Waals surface area contributed by atoms with Gasteiger partial charge in [0.25, 0.3) is 0 Å². The summed E-state index contributed by atoms with van der Waals surface area (Å²) < 4.78 is 2.44. The molecule has 0 saturated carbocycles. The monoisotopic (exact) mass is 215 g/mol. The van der Waals surface area contributed by atoms with E-state index >= 15 is 0 Å². The lowest BCUT2D eigenvalue weighted by Gasteiger charge is -2.16. The zero-order chi connectivity index (χ0) is 11.0. The van der Waals surface area contributed by atoms with Gasteiger partial charge >= 0.3 is 0 Å². The molecule has 0 aromatic carbocycles. The summed E-state index contributed by atoms with van der Waals surface area (Å²) in [6, 6.07) is 4.43. The Balaban J connectivity index is 2.23. The van der Waals surface area contributed by atoms with Crippen molar-refractivity contribution in [1.82, 2.24) is 9.55 Å². The number of pyridine rings is 1. The molecule has 0 aliphatic carbocycles. The van der Waals surface area contributed by atoms with Crippen LogP contribution < -0.4 is 5.73 Å². The molecule has 0 amide bonds. The van der Waals surface area contributed by atoms with Crippen molar-refractivity contribution in [2.45, 2.75) is 32.2 Å². The molecule has 0 atom stereocenters. The fourth-order valence-corrected chi connectivity index (χ4v) is 2.70. The molecule has 2 N–H and O–H groups in total. The number of aryl methyl sites for hydroxylation is 2. The van der Waals surface area contributed by atoms with Gasteiger partial charge < -0.3 is 10.3 Å². The molecule has 0 spiro atoms. The van der Waals surface area contributed by atoms with Crippen LogP contribution in [0.5, 0.6) is 0 Å². The van der Waals surface area contributed by atoms with E-state index in [2.05, 4.69) is 21.7 Å². The van der Waals surface area contributed by atoms with Crippen LogP contribution in [-0.2, 0) is 19.4 Å². The van der Waals surface area contributed by atoms with Crippen molar-refractivity contribution in [3.63, 3.8) is 0 Å². The lowest BCUT2D eigenvalue weighted by molar-refractivity contribution is 0.543. The van der Waals surface area contributed by atoms with Crippen molar-refractivity contribution in [2.75, 3.05) is 6.54 Å². The van der Waals surface area contributed by atoms with Gasteiger partial charge in [0, 0.05) is 30.2 Å². The Bertz CT molecular complexity index is 513. The van der Waals surface area contributed by atoms with E-state index in [4.69, 9.17) is 5.73 Å². The Kier molecular flexibility index (Phi) is 2.40. The summed E-state index contributed by atoms with van der Waals surface area (Å²) >= 11 is 0. The molecule has 1 aliphatic rings. The summed E-state index contributed by atoms with van der Waals surface area (Å²) in [4.78, 5) is 4.48. The van der Waals surface area contributed by atoms with Crippen LogP contribution in [-0.4, -0.2) is 16.1 Å². The third kappa shape index (κ3) is 1.43. The number of rotatable bonds is 2. The molecule has 3 heteroatoms. The van der Waals surface area contributed by atoms with E-state index in [9.17, 15) is 0 Å². The van der Waals surface area contributed by atoms with Crippen molar-refractivity contribution >= 4 is 10.9 Å². The molecule has 3 nitrogen and oxygen atoms in total. The van der Waals surface area contributed by atoms with E-state index in [1.165, 1.54) is 35.9 Å². The van der Waals surface area contributed by atoms with E-state index in [0.29, 0.717) is 6.54 Å². The smallest absolute Gasteiger partial charge is 0.0702 e. The second kappa shape index (κ2) is 3.91. The summed E-state index contributed by atoms with van der Waals surface area (Å²) in [5.74, 6) is 0. The van der Waals surface area contributed by atoms with Crippen LogP contribution in [0.15, 0.2) is 18.3 Å². The van der Waals surface area contributed by atoms with Crippen LogP contribution in [0.2, 0.25) is 0 Å². The van der Waals surface area contributed by atoms with Gasteiger partial charge in [0.15, 0.2) is 0 Å². The molecular weight excluding hydrogens is 198 g/mol. The van der Waals surface area contributed by atoms with Crippen LogP contribution in [0.1, 0.15) is 24.2 Å². The molecule has 3 rings (SSSR count). The average molecular weight is 215 g/mol. The number of aromatic nitrogens is 2. The topological polar surface area (TPSA) is 43.8 Å². The standard InChI is InChI=1S/C13H17N3/c14-6-4-12-13-10(5-7-15-12)9-11-3-1-2-8-16(11)13/h5,7,9H,1-4,6,8,14H2. The molecule has 0 bridgehead atoms. The summed E-state index contributed by atoms with van der Waals surface area (Å²) in [6.07, 6.45) is 6.58. The highest BCUT2D eigenvalue weighted by atomic mass is 15.0. The van der Waals surface area contributed by atoms with Gasteiger partial charge in [0.2, 0.25) is 0 Å². The third-order valence-corrected chi connectivity index (χ3v) is 3.42. The average Bonchev–Trinajstić information content (AvgIpc) is 2.68. The molecule has 0 radical (unpaired) electrons. The largest absolute Gasteiger partial charge is 0.343 e. The fourth-order valence-electron chi connectivity index (χ4n) is 2.70. The first-order chi connectivity index (χ1) is 7.90. The van der Waals surface area contributed by atoms with Gasteiger partial charge in [-0.05, 0) is 37.9 Å². The van der Waals surface area contributed by atoms with Crippen LogP contribution >= 0.6 is 0 Å². The van der Waals surface area contributed by atoms with Gasteiger partial charge in [-0.25, -0.2) is 0 Å². The molecule has 2 aromatic rings. The van der Waals surface area contributed by atoms with E-state index in [1.807, 2.05) is 6.20 Å². The molecule has 2 aromatic heterocycles. The third-order valence-electron chi connectivity index (χ3n) is 3.42. The molecule has 16 heavy (non-hydrogen) atoms. The quantitative estimate of drug-likeness (QED) is 0.831. The van der Waals surface area contributed by atoms with Crippen molar-refractivity contribution in [1.29, 1.82) is 0 Å². The first-order valence-electron chi connectivity index (χ1n) is 6.06. The minimum Gasteiger partial charge on any atom is -0.343 e. The first kappa shape index (κ1) is 9.85. The van der Waals surface area contributed by atoms with Gasteiger partial charge in [-0.15, -0.1) is 0 Å². The minimum atomic E-state index is 0.673. The number of nitrogens with zero attached hydrogens (tertiary/aromatic N) is 2. The maximum Gasteiger partial charge on any atom is 0.0702 e. The zero-order valence-electron chi connectivity index (χ0n) is 9.45. The SMILES string of the molecule is NCCc1nccc2cc3n(c12)CCCC3. The van der Waals surface area contributed by atoms with Crippen LogP contribution in [0, 0.1) is 0 Å². The van der Waals surface area contributed by atoms with Crippen molar-refractivity contribution in [3.05, 3.63) is 29.7 Å². The minimum absolute atomic E-state index is 0.673. The maximum absolute atomic E-state index is 5.65. The van der Waals surface area contributed by atoms with Gasteiger partial charge in [-0.3, -0.25) is 4.98 Å². The highest BCUT2D eigenvalue weighted by Crippen LogP contribution is 2.26. The molecule has 84 valence electrons. The number of hydrogen-bond donors (Lipinski definition) is 1. The summed E-state index contributed by atoms with van der Waals surface area (Å²) in [5.41, 5.74) is 9.59. The van der Waals surface area contributed by atoms with Gasteiger partial charge in [-0.2, -0.15) is 0 Å². The van der Waals surface area contributed by atoms with E-state index in [0.717, 1.165) is 18.7 Å². The number of hydrogen-bond acceptors (Lipinski definition) is 2. The Morgan fingerprint density at radius 1 is 1.38 bits per heavy atom. The van der Waals surface area contributed by atoms with Crippen molar-refractivity contribution < 1.29 is 0 Å². The van der Waals surface area contributed by atoms with Crippen molar-refractivity contribution in [3.8, 4) is 0 Å². The normalized spacial score (nSPS) is 15.3. The molecular formula is C13H17N3. The summed E-state index contributed by atoms with van der Waals surface area (Å²) in [7, 11) is 0. The van der Waals surface area contributed by atoms with Gasteiger partial charge in [-0.1, -0.05) is 0 Å². The Morgan fingerprint density at radius 3 is 3.19 bits per heavy atom. The predicted octanol–water partition coefficient (Wildman–Crippen LogP) is 1.87. The summed E-state index contributed by atoms with van der Waals surface area (Å²) in [6.45, 7) is 1.81. The fraction of sp³-hybridized carbons (Fsp3) is 0.462. The Hall–Kier alpha value is -1.35. The highest BCUT2D eigenvalue weighted by molar-refractivity contribution is 5.83. The zero-order valence-corrected chi connectivity index (χ0v) is 9.45. The number of nitrogens with two attached hydrogens (primary N) is 1. The molecule has 0 unspecified atom stereocenters. The van der Waals surface area contributed by atoms with Crippen LogP contribution in [0.4, 0.5) is 0 Å². The van der Waals surface area contributed by atoms with E-state index < -0.39 is 0 Å². The van der Waals surface area contributed by atoms with E-state index in [-0.39, 0.29) is 0 Å². The summed E-state index contributed by atoms with van der Waals surface area (Å²) in [5, 5.41) is 1.33. The lowest BCUT2D eigenvalue weighted by Crippen LogP contribution is -2.12. The van der Waals surface area contributed by atoms with Gasteiger partial charge in [0.05, 0.1) is 11.2 Å². The molecule has 1 aliphatic heterocycles. The van der Waals surface area contributed by atoms with E-state index in [1.54, 1.807) is 0 Å². The van der Waals surface area contributed by atoms with Crippen LogP contribution in [0.3, 0.4) is 0 Å². The first-order valence-corrected chi connectivity index (χ1v) is 6.06. The molecule has 0 saturated heterocycles. The van der Waals surface area contributed by atoms with Crippen molar-refractivity contribution in [2.24, 2.45) is 5.73 Å². The number of fused-ring (bicyclic) bond motifs is 3. The maximum atomic E-state index is 5.65. The molecule has 3 heterocycles. The highest BCUT2D eigenvalue weighted by Gasteiger charge is 2.15.